The van der Waals surface area contributed by atoms with E-state index in [-0.39, 0.29) is 17.9 Å². The number of fused-ring (bicyclic) bond motifs is 1. The number of carbonyl (C=O) groups excluding carboxylic acids is 1. The Hall–Kier alpha value is -1.95. The quantitative estimate of drug-likeness (QED) is 0.863. The van der Waals surface area contributed by atoms with Crippen molar-refractivity contribution >= 4 is 16.9 Å². The predicted molar refractivity (Wildman–Crippen MR) is 74.3 cm³/mol. The molecule has 1 amide bonds. The van der Waals surface area contributed by atoms with Crippen LogP contribution in [-0.2, 0) is 7.05 Å². The minimum Gasteiger partial charge on any atom is -0.396 e. The maximum atomic E-state index is 12.1. The van der Waals surface area contributed by atoms with E-state index >= 15 is 0 Å². The van der Waals surface area contributed by atoms with Gasteiger partial charge in [0.05, 0.1) is 17.9 Å². The number of aliphatic hydroxyl groups is 1. The van der Waals surface area contributed by atoms with Crippen molar-refractivity contribution < 1.29 is 9.90 Å². The molecule has 6 nitrogen and oxygen atoms in total. The Morgan fingerprint density at radius 1 is 1.55 bits per heavy atom. The molecule has 106 valence electrons. The zero-order valence-corrected chi connectivity index (χ0v) is 11.7. The second-order valence-corrected chi connectivity index (χ2v) is 5.64. The number of nitrogens with one attached hydrogen (secondary N) is 1. The summed E-state index contributed by atoms with van der Waals surface area (Å²) in [6.45, 7) is 2.55. The van der Waals surface area contributed by atoms with E-state index < -0.39 is 0 Å². The molecule has 1 fully saturated rings. The van der Waals surface area contributed by atoms with Crippen LogP contribution in [0.4, 0.5) is 0 Å². The van der Waals surface area contributed by atoms with E-state index in [0.717, 1.165) is 29.6 Å². The topological polar surface area (TPSA) is 80.0 Å². The Morgan fingerprint density at radius 2 is 2.30 bits per heavy atom. The minimum absolute atomic E-state index is 0.0859. The lowest BCUT2D eigenvalue weighted by Gasteiger charge is -2.12. The van der Waals surface area contributed by atoms with Crippen LogP contribution >= 0.6 is 0 Å². The summed E-state index contributed by atoms with van der Waals surface area (Å²) in [7, 11) is 1.83. The summed E-state index contributed by atoms with van der Waals surface area (Å²) < 4.78 is 1.71. The van der Waals surface area contributed by atoms with E-state index in [4.69, 9.17) is 0 Å². The first kappa shape index (κ1) is 13.1. The molecule has 0 saturated heterocycles. The minimum atomic E-state index is -0.151. The third kappa shape index (κ3) is 2.16. The number of nitrogens with zero attached hydrogens (tertiary/aromatic N) is 3. The number of hydrogen-bond donors (Lipinski definition) is 2. The molecule has 0 unspecified atom stereocenters. The fourth-order valence-corrected chi connectivity index (χ4v) is 2.37. The van der Waals surface area contributed by atoms with Gasteiger partial charge in [0, 0.05) is 30.6 Å². The fourth-order valence-electron chi connectivity index (χ4n) is 2.37. The van der Waals surface area contributed by atoms with Gasteiger partial charge >= 0.3 is 0 Å². The third-order valence-electron chi connectivity index (χ3n) is 4.04. The monoisotopic (exact) mass is 274 g/mol. The number of aryl methyl sites for hydroxylation is 2. The van der Waals surface area contributed by atoms with Crippen LogP contribution in [0.15, 0.2) is 12.3 Å². The van der Waals surface area contributed by atoms with Gasteiger partial charge in [-0.15, -0.1) is 0 Å². The van der Waals surface area contributed by atoms with Gasteiger partial charge in [-0.05, 0) is 25.8 Å². The van der Waals surface area contributed by atoms with Gasteiger partial charge < -0.3 is 10.4 Å². The molecular weight excluding hydrogens is 256 g/mol. The fraction of sp³-hybridized carbons (Fsp3) is 0.500. The Morgan fingerprint density at radius 3 is 2.95 bits per heavy atom. The summed E-state index contributed by atoms with van der Waals surface area (Å²) in [4.78, 5) is 16.4. The Labute approximate surface area is 116 Å². The van der Waals surface area contributed by atoms with E-state index in [2.05, 4.69) is 15.4 Å². The van der Waals surface area contributed by atoms with Crippen LogP contribution in [0.2, 0.25) is 0 Å². The molecule has 0 aromatic carbocycles. The number of rotatable bonds is 4. The van der Waals surface area contributed by atoms with Crippen LogP contribution in [0.1, 0.15) is 28.9 Å². The average Bonchev–Trinajstić information content (AvgIpc) is 3.19. The molecule has 0 atom stereocenters. The van der Waals surface area contributed by atoms with E-state index in [1.165, 1.54) is 0 Å². The highest BCUT2D eigenvalue weighted by Crippen LogP contribution is 2.44. The summed E-state index contributed by atoms with van der Waals surface area (Å²) in [6.07, 6.45) is 3.52. The van der Waals surface area contributed by atoms with Gasteiger partial charge in [-0.1, -0.05) is 0 Å². The first-order chi connectivity index (χ1) is 9.54. The molecule has 1 aliphatic carbocycles. The van der Waals surface area contributed by atoms with Crippen molar-refractivity contribution in [3.05, 3.63) is 23.5 Å². The first-order valence-electron chi connectivity index (χ1n) is 6.73. The molecule has 3 rings (SSSR count). The highest BCUT2D eigenvalue weighted by Gasteiger charge is 2.42. The predicted octanol–water partition coefficient (Wildman–Crippen LogP) is 0.779. The molecule has 20 heavy (non-hydrogen) atoms. The second-order valence-electron chi connectivity index (χ2n) is 5.64. The summed E-state index contributed by atoms with van der Waals surface area (Å²) in [6, 6.07) is 1.82. The van der Waals surface area contributed by atoms with E-state index in [0.29, 0.717) is 12.1 Å². The van der Waals surface area contributed by atoms with Gasteiger partial charge in [-0.3, -0.25) is 9.48 Å². The van der Waals surface area contributed by atoms with Crippen molar-refractivity contribution in [3.8, 4) is 0 Å². The van der Waals surface area contributed by atoms with Crippen molar-refractivity contribution in [2.75, 3.05) is 13.2 Å². The number of aromatic nitrogens is 3. The van der Waals surface area contributed by atoms with Gasteiger partial charge in [0.1, 0.15) is 0 Å². The SMILES string of the molecule is Cc1nn(C)c2ncc(C(=O)NCC3(CO)CC3)cc12. The number of pyridine rings is 1. The maximum absolute atomic E-state index is 12.1. The molecule has 1 saturated carbocycles. The lowest BCUT2D eigenvalue weighted by molar-refractivity contribution is 0.0935. The molecule has 2 aromatic heterocycles. The Balaban J connectivity index is 1.79. The molecule has 2 heterocycles. The van der Waals surface area contributed by atoms with Crippen LogP contribution in [0, 0.1) is 12.3 Å². The first-order valence-corrected chi connectivity index (χ1v) is 6.73. The molecule has 2 aromatic rings. The average molecular weight is 274 g/mol. The molecule has 0 spiro atoms. The number of hydrogen-bond acceptors (Lipinski definition) is 4. The van der Waals surface area contributed by atoms with Gasteiger partial charge in [0.2, 0.25) is 0 Å². The second kappa shape index (κ2) is 4.56. The van der Waals surface area contributed by atoms with Crippen LogP contribution < -0.4 is 5.32 Å². The molecule has 2 N–H and O–H groups in total. The van der Waals surface area contributed by atoms with Crippen LogP contribution in [0.5, 0.6) is 0 Å². The lowest BCUT2D eigenvalue weighted by atomic mass is 10.1. The number of aliphatic hydroxyl groups excluding tert-OH is 1. The molecule has 0 radical (unpaired) electrons. The molecule has 0 bridgehead atoms. The Kier molecular flexibility index (Phi) is 2.97. The van der Waals surface area contributed by atoms with E-state index in [1.54, 1.807) is 10.9 Å². The molecular formula is C14H18N4O2. The summed E-state index contributed by atoms with van der Waals surface area (Å²) in [5.74, 6) is -0.151. The molecule has 1 aliphatic rings. The normalized spacial score (nSPS) is 16.4. The summed E-state index contributed by atoms with van der Waals surface area (Å²) >= 11 is 0. The standard InChI is InChI=1S/C14H18N4O2/c1-9-11-5-10(6-15-12(11)18(2)17-9)13(20)16-7-14(8-19)3-4-14/h5-6,19H,3-4,7-8H2,1-2H3,(H,16,20). The molecule has 6 heteroatoms. The van der Waals surface area contributed by atoms with Gasteiger partial charge in [0.15, 0.2) is 5.65 Å². The highest BCUT2D eigenvalue weighted by molar-refractivity contribution is 5.97. The van der Waals surface area contributed by atoms with Crippen molar-refractivity contribution in [2.45, 2.75) is 19.8 Å². The zero-order chi connectivity index (χ0) is 14.3. The molecule has 0 aliphatic heterocycles. The van der Waals surface area contributed by atoms with Crippen molar-refractivity contribution in [1.82, 2.24) is 20.1 Å². The number of carbonyl (C=O) groups is 1. The number of amides is 1. The summed E-state index contributed by atoms with van der Waals surface area (Å²) in [5.41, 5.74) is 2.08. The van der Waals surface area contributed by atoms with Crippen LogP contribution in [0.3, 0.4) is 0 Å². The van der Waals surface area contributed by atoms with E-state index in [1.807, 2.05) is 20.0 Å². The third-order valence-corrected chi connectivity index (χ3v) is 4.04. The van der Waals surface area contributed by atoms with E-state index in [9.17, 15) is 9.90 Å². The van der Waals surface area contributed by atoms with Crippen molar-refractivity contribution in [1.29, 1.82) is 0 Å². The smallest absolute Gasteiger partial charge is 0.252 e. The van der Waals surface area contributed by atoms with Gasteiger partial charge in [-0.2, -0.15) is 5.10 Å². The zero-order valence-electron chi connectivity index (χ0n) is 11.7. The maximum Gasteiger partial charge on any atom is 0.252 e. The summed E-state index contributed by atoms with van der Waals surface area (Å²) in [5, 5.41) is 17.3. The highest BCUT2D eigenvalue weighted by atomic mass is 16.3. The van der Waals surface area contributed by atoms with Crippen molar-refractivity contribution in [3.63, 3.8) is 0 Å². The Bertz CT molecular complexity index is 673. The largest absolute Gasteiger partial charge is 0.396 e. The van der Waals surface area contributed by atoms with Crippen LogP contribution in [-0.4, -0.2) is 38.9 Å². The van der Waals surface area contributed by atoms with Crippen molar-refractivity contribution in [2.24, 2.45) is 12.5 Å². The van der Waals surface area contributed by atoms with Gasteiger partial charge in [0.25, 0.3) is 5.91 Å². The van der Waals surface area contributed by atoms with Gasteiger partial charge in [-0.25, -0.2) is 4.98 Å². The van der Waals surface area contributed by atoms with Crippen LogP contribution in [0.25, 0.3) is 11.0 Å². The lowest BCUT2D eigenvalue weighted by Crippen LogP contribution is -2.31.